The minimum Gasteiger partial charge on any atom is -0.465 e. The van der Waals surface area contributed by atoms with Gasteiger partial charge in [-0.2, -0.15) is 14.4 Å². The van der Waals surface area contributed by atoms with Crippen LogP contribution in [0.3, 0.4) is 0 Å². The molecule has 0 fully saturated rings. The Balaban J connectivity index is 1.56. The second kappa shape index (κ2) is 8.87. The number of hydrogen-bond donors (Lipinski definition) is 1. The number of carbonyl (C=O) groups is 1. The van der Waals surface area contributed by atoms with Crippen LogP contribution in [0.15, 0.2) is 52.1 Å². The predicted molar refractivity (Wildman–Crippen MR) is 119 cm³/mol. The van der Waals surface area contributed by atoms with Crippen molar-refractivity contribution in [3.05, 3.63) is 80.5 Å². The Kier molecular flexibility index (Phi) is 5.99. The van der Waals surface area contributed by atoms with Gasteiger partial charge in [0.05, 0.1) is 19.2 Å². The topological polar surface area (TPSA) is 118 Å². The van der Waals surface area contributed by atoms with Crippen LogP contribution in [0.2, 0.25) is 0 Å². The zero-order valence-corrected chi connectivity index (χ0v) is 18.5. The number of nitrogen functional groups attached to an aromatic ring is 1. The summed E-state index contributed by atoms with van der Waals surface area (Å²) in [7, 11) is 1.29. The van der Waals surface area contributed by atoms with E-state index in [2.05, 4.69) is 30.9 Å². The van der Waals surface area contributed by atoms with Crippen LogP contribution < -0.4 is 11.3 Å². The molecule has 0 aliphatic heterocycles. The van der Waals surface area contributed by atoms with Gasteiger partial charge in [0, 0.05) is 18.8 Å². The molecular weight excluding hydrogens is 483 g/mol. The number of hydrogen-bond acceptors (Lipinski definition) is 7. The lowest BCUT2D eigenvalue weighted by Crippen LogP contribution is -2.21. The van der Waals surface area contributed by atoms with E-state index in [1.807, 2.05) is 24.3 Å². The van der Waals surface area contributed by atoms with Crippen LogP contribution in [0.1, 0.15) is 21.5 Å². The van der Waals surface area contributed by atoms with E-state index < -0.39 is 12.0 Å². The Morgan fingerprint density at radius 2 is 1.97 bits per heavy atom. The summed E-state index contributed by atoms with van der Waals surface area (Å²) in [6.45, 7) is 0.762. The number of nitrogens with two attached hydrogens (primary N) is 1. The van der Waals surface area contributed by atoms with Crippen LogP contribution >= 0.6 is 15.9 Å². The van der Waals surface area contributed by atoms with Crippen LogP contribution in [0.25, 0.3) is 11.2 Å². The molecule has 11 heteroatoms. The molecule has 0 bridgehead atoms. The molecule has 4 rings (SSSR count). The fourth-order valence-electron chi connectivity index (χ4n) is 3.37. The van der Waals surface area contributed by atoms with Gasteiger partial charge >= 0.3 is 12.0 Å². The summed E-state index contributed by atoms with van der Waals surface area (Å²) in [4.78, 5) is 35.5. The molecule has 1 aromatic carbocycles. The van der Waals surface area contributed by atoms with Crippen LogP contribution in [-0.2, 0) is 24.2 Å². The molecule has 3 heterocycles. The second-order valence-electron chi connectivity index (χ2n) is 7.03. The summed E-state index contributed by atoms with van der Waals surface area (Å²) in [5.41, 5.74) is 8.38. The molecule has 0 unspecified atom stereocenters. The fourth-order valence-corrected chi connectivity index (χ4v) is 3.84. The minimum atomic E-state index is -0.919. The number of anilines is 1. The molecule has 2 N–H and O–H groups in total. The smallest absolute Gasteiger partial charge is 0.339 e. The number of methoxy groups -OCH3 is 1. The van der Waals surface area contributed by atoms with Gasteiger partial charge in [0.2, 0.25) is 0 Å². The normalized spacial score (nSPS) is 11.1. The van der Waals surface area contributed by atoms with Crippen molar-refractivity contribution in [2.45, 2.75) is 19.5 Å². The summed E-state index contributed by atoms with van der Waals surface area (Å²) in [5.74, 6) is -0.528. The first kappa shape index (κ1) is 21.6. The number of imidazole rings is 1. The van der Waals surface area contributed by atoms with Crippen molar-refractivity contribution >= 4 is 38.9 Å². The van der Waals surface area contributed by atoms with Gasteiger partial charge < -0.3 is 15.0 Å². The highest BCUT2D eigenvalue weighted by molar-refractivity contribution is 9.10. The van der Waals surface area contributed by atoms with E-state index in [1.54, 1.807) is 4.57 Å². The highest BCUT2D eigenvalue weighted by Crippen LogP contribution is 2.23. The zero-order chi connectivity index (χ0) is 22.8. The third-order valence-corrected chi connectivity index (χ3v) is 5.53. The Morgan fingerprint density at radius 1 is 1.19 bits per heavy atom. The molecule has 32 heavy (non-hydrogen) atoms. The van der Waals surface area contributed by atoms with E-state index in [9.17, 15) is 14.0 Å². The summed E-state index contributed by atoms with van der Waals surface area (Å²) < 4.78 is 22.0. The molecule has 0 radical (unpaired) electrons. The number of halogens is 2. The lowest BCUT2D eigenvalue weighted by molar-refractivity contribution is 0.0599. The van der Waals surface area contributed by atoms with Crippen LogP contribution in [0.4, 0.5) is 10.2 Å². The van der Waals surface area contributed by atoms with E-state index in [4.69, 9.17) is 10.5 Å². The average molecular weight is 501 g/mol. The van der Waals surface area contributed by atoms with E-state index >= 15 is 0 Å². The van der Waals surface area contributed by atoms with Gasteiger partial charge in [0.25, 0.3) is 5.56 Å². The number of esters is 1. The van der Waals surface area contributed by atoms with Gasteiger partial charge in [-0.3, -0.25) is 9.36 Å². The predicted octanol–water partition coefficient (Wildman–Crippen LogP) is 2.55. The van der Waals surface area contributed by atoms with Gasteiger partial charge in [0.1, 0.15) is 0 Å². The van der Waals surface area contributed by atoms with Crippen molar-refractivity contribution in [1.82, 2.24) is 24.1 Å². The van der Waals surface area contributed by atoms with Gasteiger partial charge in [-0.25, -0.2) is 9.78 Å². The highest BCUT2D eigenvalue weighted by Gasteiger charge is 2.16. The molecule has 164 valence electrons. The Morgan fingerprint density at radius 3 is 2.75 bits per heavy atom. The van der Waals surface area contributed by atoms with Crippen LogP contribution in [-0.4, -0.2) is 37.2 Å². The summed E-state index contributed by atoms with van der Waals surface area (Å²) >= 11 is 3.37. The van der Waals surface area contributed by atoms with Crippen molar-refractivity contribution in [1.29, 1.82) is 0 Å². The number of fused-ring (bicyclic) bond motifs is 1. The third-order valence-electron chi connectivity index (χ3n) is 4.93. The average Bonchev–Trinajstić information content (AvgIpc) is 3.08. The van der Waals surface area contributed by atoms with Gasteiger partial charge in [-0.1, -0.05) is 24.3 Å². The zero-order valence-electron chi connectivity index (χ0n) is 17.0. The lowest BCUT2D eigenvalue weighted by atomic mass is 10.1. The molecule has 0 saturated carbocycles. The van der Waals surface area contributed by atoms with Gasteiger partial charge in [-0.15, -0.1) is 0 Å². The number of carbonyl (C=O) groups excluding carboxylic acids is 1. The first-order valence-electron chi connectivity index (χ1n) is 9.57. The van der Waals surface area contributed by atoms with Crippen molar-refractivity contribution in [2.75, 3.05) is 12.8 Å². The fraction of sp³-hybridized carbons (Fsp3) is 0.190. The monoisotopic (exact) mass is 500 g/mol. The standard InChI is InChI=1S/C21H18BrFN6O3/c1-32-19(31)14-5-6-15(30)28(11-14)8-7-12-3-2-4-13(9-12)10-29-18-16(25-20(29)22)17(24)26-21(23)27-18/h2-6,9,11H,7-8,10H2,1H3,(H2,24,26,27). The molecule has 0 aliphatic rings. The number of rotatable bonds is 6. The maximum Gasteiger partial charge on any atom is 0.339 e. The first-order valence-corrected chi connectivity index (χ1v) is 10.4. The lowest BCUT2D eigenvalue weighted by Gasteiger charge is -2.10. The molecule has 0 aliphatic carbocycles. The number of ether oxygens (including phenoxy) is 1. The maximum atomic E-state index is 13.7. The minimum absolute atomic E-state index is 0.0275. The number of benzene rings is 1. The molecular formula is C21H18BrFN6O3. The summed E-state index contributed by atoms with van der Waals surface area (Å²) in [6.07, 6.45) is 1.14. The molecule has 0 spiro atoms. The SMILES string of the molecule is COC(=O)c1ccc(=O)n(CCc2cccc(Cn3c(Br)nc4c(N)nc(F)nc43)c2)c1. The van der Waals surface area contributed by atoms with Crippen molar-refractivity contribution in [3.8, 4) is 0 Å². The van der Waals surface area contributed by atoms with Gasteiger partial charge in [-0.05, 0) is 39.5 Å². The Bertz CT molecular complexity index is 1380. The van der Waals surface area contributed by atoms with Gasteiger partial charge in [0.15, 0.2) is 21.7 Å². The maximum absolute atomic E-state index is 13.7. The Hall–Kier alpha value is -3.60. The van der Waals surface area contributed by atoms with E-state index in [0.29, 0.717) is 41.0 Å². The number of aromatic nitrogens is 5. The van der Waals surface area contributed by atoms with E-state index in [0.717, 1.165) is 11.1 Å². The molecule has 0 saturated heterocycles. The van der Waals surface area contributed by atoms with Crippen LogP contribution in [0.5, 0.6) is 0 Å². The number of nitrogens with zero attached hydrogens (tertiary/aromatic N) is 5. The molecule has 0 atom stereocenters. The summed E-state index contributed by atoms with van der Waals surface area (Å²) in [6, 6.07) is 10.5. The molecule has 4 aromatic rings. The quantitative estimate of drug-likeness (QED) is 0.245. The van der Waals surface area contributed by atoms with Crippen LogP contribution in [0, 0.1) is 6.08 Å². The van der Waals surface area contributed by atoms with E-state index in [1.165, 1.54) is 30.0 Å². The molecule has 0 amide bonds. The van der Waals surface area contributed by atoms with Crippen molar-refractivity contribution in [3.63, 3.8) is 0 Å². The van der Waals surface area contributed by atoms with E-state index in [-0.39, 0.29) is 11.4 Å². The number of aryl methyl sites for hydroxylation is 2. The summed E-state index contributed by atoms with van der Waals surface area (Å²) in [5, 5.41) is 0. The molecule has 9 nitrogen and oxygen atoms in total. The third kappa shape index (κ3) is 4.37. The van der Waals surface area contributed by atoms with Crippen molar-refractivity contribution < 1.29 is 13.9 Å². The number of pyridine rings is 1. The second-order valence-corrected chi connectivity index (χ2v) is 7.74. The van der Waals surface area contributed by atoms with Crippen molar-refractivity contribution in [2.24, 2.45) is 0 Å². The Labute approximate surface area is 189 Å². The first-order chi connectivity index (χ1) is 15.4. The highest BCUT2D eigenvalue weighted by atomic mass is 79.9. The largest absolute Gasteiger partial charge is 0.465 e. The molecule has 3 aromatic heterocycles.